The zero-order chi connectivity index (χ0) is 14.4. The summed E-state index contributed by atoms with van der Waals surface area (Å²) >= 11 is 0. The lowest BCUT2D eigenvalue weighted by atomic mass is 10.1. The number of nitrogens with zero attached hydrogens (tertiary/aromatic N) is 1. The topological polar surface area (TPSA) is 121 Å². The Kier molecular flexibility index (Phi) is 5.04. The summed E-state index contributed by atoms with van der Waals surface area (Å²) in [7, 11) is 0. The molecule has 0 aromatic carbocycles. The van der Waals surface area contributed by atoms with Crippen LogP contribution in [0.3, 0.4) is 0 Å². The largest absolute Gasteiger partial charge is 0.481 e. The van der Waals surface area contributed by atoms with Crippen molar-refractivity contribution in [3.05, 3.63) is 32.8 Å². The van der Waals surface area contributed by atoms with Crippen LogP contribution in [0.15, 0.2) is 21.7 Å². The first-order valence-corrected chi connectivity index (χ1v) is 5.73. The van der Waals surface area contributed by atoms with Crippen molar-refractivity contribution in [1.82, 2.24) is 15.1 Å². The molecule has 1 unspecified atom stereocenters. The molecule has 8 heteroatoms. The van der Waals surface area contributed by atoms with E-state index in [0.29, 0.717) is 6.42 Å². The molecule has 0 aliphatic rings. The van der Waals surface area contributed by atoms with Gasteiger partial charge in [-0.2, -0.15) is 0 Å². The highest BCUT2D eigenvalue weighted by molar-refractivity contribution is 5.77. The Morgan fingerprint density at radius 2 is 2.11 bits per heavy atom. The number of aliphatic carboxylic acids is 1. The van der Waals surface area contributed by atoms with Crippen LogP contribution in [0.1, 0.15) is 19.8 Å². The van der Waals surface area contributed by atoms with E-state index in [1.165, 1.54) is 0 Å². The fourth-order valence-corrected chi connectivity index (χ4v) is 1.50. The van der Waals surface area contributed by atoms with Crippen LogP contribution < -0.4 is 16.4 Å². The number of nitrogens with one attached hydrogen (secondary N) is 2. The highest BCUT2D eigenvalue weighted by atomic mass is 16.4. The summed E-state index contributed by atoms with van der Waals surface area (Å²) in [6.45, 7) is 1.38. The summed E-state index contributed by atoms with van der Waals surface area (Å²) in [5.74, 6) is -1.55. The van der Waals surface area contributed by atoms with Gasteiger partial charge in [-0.1, -0.05) is 6.92 Å². The molecule has 0 bridgehead atoms. The Bertz CT molecular complexity index is 574. The van der Waals surface area contributed by atoms with Crippen LogP contribution in [-0.2, 0) is 16.1 Å². The van der Waals surface area contributed by atoms with Crippen LogP contribution in [0.4, 0.5) is 0 Å². The molecule has 1 heterocycles. The normalized spacial score (nSPS) is 11.8. The first-order chi connectivity index (χ1) is 8.92. The maximum Gasteiger partial charge on any atom is 0.305 e. The van der Waals surface area contributed by atoms with Gasteiger partial charge in [0.2, 0.25) is 5.91 Å². The lowest BCUT2D eigenvalue weighted by molar-refractivity contribution is -0.137. The van der Waals surface area contributed by atoms with Gasteiger partial charge >= 0.3 is 5.97 Å². The number of carbonyl (C=O) groups excluding carboxylic acids is 1. The molecule has 19 heavy (non-hydrogen) atoms. The van der Waals surface area contributed by atoms with Crippen LogP contribution in [0.2, 0.25) is 0 Å². The number of aromatic nitrogens is 2. The zero-order valence-corrected chi connectivity index (χ0v) is 10.4. The van der Waals surface area contributed by atoms with Gasteiger partial charge < -0.3 is 10.4 Å². The molecule has 1 aromatic heterocycles. The van der Waals surface area contributed by atoms with Crippen molar-refractivity contribution >= 4 is 11.9 Å². The van der Waals surface area contributed by atoms with E-state index in [1.807, 2.05) is 0 Å². The first kappa shape index (κ1) is 14.7. The lowest BCUT2D eigenvalue weighted by Gasteiger charge is -2.15. The van der Waals surface area contributed by atoms with Crippen LogP contribution in [0.25, 0.3) is 0 Å². The number of aromatic amines is 1. The van der Waals surface area contributed by atoms with Gasteiger partial charge in [-0.05, 0) is 6.42 Å². The standard InChI is InChI=1S/C11H15N3O5/c1-2-7(5-11(18)19)12-9(16)6-14-10(17)4-3-8(15)13-14/h3-4,7H,2,5-6H2,1H3,(H,12,16)(H,13,15)(H,18,19). The molecule has 0 saturated heterocycles. The maximum absolute atomic E-state index is 11.6. The summed E-state index contributed by atoms with van der Waals surface area (Å²) in [6.07, 6.45) is 0.265. The van der Waals surface area contributed by atoms with Crippen LogP contribution in [-0.4, -0.2) is 32.8 Å². The molecule has 104 valence electrons. The van der Waals surface area contributed by atoms with Gasteiger partial charge in [0, 0.05) is 18.2 Å². The van der Waals surface area contributed by atoms with Gasteiger partial charge in [0.1, 0.15) is 6.54 Å². The second-order valence-corrected chi connectivity index (χ2v) is 4.00. The highest BCUT2D eigenvalue weighted by Gasteiger charge is 2.14. The van der Waals surface area contributed by atoms with E-state index in [0.717, 1.165) is 16.8 Å². The second kappa shape index (κ2) is 6.53. The van der Waals surface area contributed by atoms with Crippen molar-refractivity contribution < 1.29 is 14.7 Å². The number of carboxylic acids is 1. The summed E-state index contributed by atoms with van der Waals surface area (Å²) in [4.78, 5) is 44.6. The maximum atomic E-state index is 11.6. The minimum atomic E-state index is -1.02. The Hall–Kier alpha value is -2.38. The molecule has 1 amide bonds. The third-order valence-corrected chi connectivity index (χ3v) is 2.47. The van der Waals surface area contributed by atoms with E-state index in [4.69, 9.17) is 5.11 Å². The molecular formula is C11H15N3O5. The first-order valence-electron chi connectivity index (χ1n) is 5.73. The van der Waals surface area contributed by atoms with Crippen molar-refractivity contribution in [2.45, 2.75) is 32.4 Å². The fourth-order valence-electron chi connectivity index (χ4n) is 1.50. The average Bonchev–Trinajstić information content (AvgIpc) is 2.32. The van der Waals surface area contributed by atoms with Gasteiger partial charge in [0.05, 0.1) is 6.42 Å². The van der Waals surface area contributed by atoms with Crippen molar-refractivity contribution in [3.8, 4) is 0 Å². The van der Waals surface area contributed by atoms with Crippen molar-refractivity contribution in [3.63, 3.8) is 0 Å². The molecule has 1 rings (SSSR count). The molecular weight excluding hydrogens is 254 g/mol. The number of hydrogen-bond acceptors (Lipinski definition) is 4. The number of rotatable bonds is 6. The highest BCUT2D eigenvalue weighted by Crippen LogP contribution is 1.97. The van der Waals surface area contributed by atoms with Gasteiger partial charge in [-0.3, -0.25) is 24.3 Å². The van der Waals surface area contributed by atoms with Crippen LogP contribution in [0, 0.1) is 0 Å². The second-order valence-electron chi connectivity index (χ2n) is 4.00. The lowest BCUT2D eigenvalue weighted by Crippen LogP contribution is -2.41. The number of H-pyrrole nitrogens is 1. The number of hydrogen-bond donors (Lipinski definition) is 3. The van der Waals surface area contributed by atoms with Gasteiger partial charge in [-0.15, -0.1) is 0 Å². The molecule has 0 saturated carbocycles. The van der Waals surface area contributed by atoms with E-state index in [-0.39, 0.29) is 13.0 Å². The van der Waals surface area contributed by atoms with Crippen molar-refractivity contribution in [1.29, 1.82) is 0 Å². The van der Waals surface area contributed by atoms with Gasteiger partial charge in [-0.25, -0.2) is 4.68 Å². The Labute approximate surface area is 108 Å². The zero-order valence-electron chi connectivity index (χ0n) is 10.4. The molecule has 0 aliphatic carbocycles. The number of amides is 1. The van der Waals surface area contributed by atoms with E-state index in [9.17, 15) is 19.2 Å². The minimum Gasteiger partial charge on any atom is -0.481 e. The van der Waals surface area contributed by atoms with Crippen molar-refractivity contribution in [2.75, 3.05) is 0 Å². The van der Waals surface area contributed by atoms with Crippen LogP contribution >= 0.6 is 0 Å². The predicted molar refractivity (Wildman–Crippen MR) is 65.8 cm³/mol. The fraction of sp³-hybridized carbons (Fsp3) is 0.455. The summed E-state index contributed by atoms with van der Waals surface area (Å²) < 4.78 is 0.866. The smallest absolute Gasteiger partial charge is 0.305 e. The molecule has 1 atom stereocenters. The van der Waals surface area contributed by atoms with E-state index >= 15 is 0 Å². The number of carboxylic acid groups (broad SMARTS) is 1. The van der Waals surface area contributed by atoms with Gasteiger partial charge in [0.15, 0.2) is 0 Å². The third kappa shape index (κ3) is 4.78. The molecule has 0 fully saturated rings. The molecule has 1 aromatic rings. The third-order valence-electron chi connectivity index (χ3n) is 2.47. The average molecular weight is 269 g/mol. The molecule has 3 N–H and O–H groups in total. The van der Waals surface area contributed by atoms with Crippen LogP contribution in [0.5, 0.6) is 0 Å². The molecule has 8 nitrogen and oxygen atoms in total. The quantitative estimate of drug-likeness (QED) is 0.605. The Balaban J connectivity index is 2.69. The predicted octanol–water partition coefficient (Wildman–Crippen LogP) is -1.09. The van der Waals surface area contributed by atoms with Crippen molar-refractivity contribution in [2.24, 2.45) is 0 Å². The van der Waals surface area contributed by atoms with E-state index < -0.39 is 29.0 Å². The molecule has 0 radical (unpaired) electrons. The molecule has 0 aliphatic heterocycles. The van der Waals surface area contributed by atoms with E-state index in [1.54, 1.807) is 6.92 Å². The Morgan fingerprint density at radius 1 is 1.42 bits per heavy atom. The van der Waals surface area contributed by atoms with E-state index in [2.05, 4.69) is 10.4 Å². The monoisotopic (exact) mass is 269 g/mol. The summed E-state index contributed by atoms with van der Waals surface area (Å²) in [5, 5.41) is 13.3. The Morgan fingerprint density at radius 3 is 2.68 bits per heavy atom. The summed E-state index contributed by atoms with van der Waals surface area (Å²) in [5.41, 5.74) is -1.01. The van der Waals surface area contributed by atoms with Gasteiger partial charge in [0.25, 0.3) is 11.1 Å². The molecule has 0 spiro atoms. The SMILES string of the molecule is CCC(CC(=O)O)NC(=O)Cn1[nH]c(=O)ccc1=O. The minimum absolute atomic E-state index is 0.192. The number of carbonyl (C=O) groups is 2. The summed E-state index contributed by atoms with van der Waals surface area (Å²) in [6, 6.07) is 1.62.